The Morgan fingerprint density at radius 1 is 0.964 bits per heavy atom. The fourth-order valence-corrected chi connectivity index (χ4v) is 3.11. The van der Waals surface area contributed by atoms with Crippen LogP contribution in [0, 0.1) is 12.8 Å². The van der Waals surface area contributed by atoms with Crippen molar-refractivity contribution < 1.29 is 19.1 Å². The second-order valence-corrected chi connectivity index (χ2v) is 7.41. The van der Waals surface area contributed by atoms with Crippen LogP contribution in [0.4, 0.5) is 0 Å². The number of rotatable bonds is 6. The summed E-state index contributed by atoms with van der Waals surface area (Å²) in [6, 6.07) is 12.0. The molecular formula is C22H26N2O4. The molecule has 0 aliphatic carbocycles. The maximum absolute atomic E-state index is 12.9. The third-order valence-electron chi connectivity index (χ3n) is 4.77. The Balaban J connectivity index is 1.68. The molecule has 148 valence electrons. The van der Waals surface area contributed by atoms with Gasteiger partial charge in [0, 0.05) is 5.56 Å². The summed E-state index contributed by atoms with van der Waals surface area (Å²) < 4.78 is 10.7. The van der Waals surface area contributed by atoms with Crippen molar-refractivity contribution in [3.8, 4) is 11.5 Å². The van der Waals surface area contributed by atoms with Crippen LogP contribution in [0.2, 0.25) is 0 Å². The molecule has 2 amide bonds. The average Bonchev–Trinajstić information content (AvgIpc) is 3.13. The first-order chi connectivity index (χ1) is 13.3. The summed E-state index contributed by atoms with van der Waals surface area (Å²) in [5.41, 5.74) is 2.45. The van der Waals surface area contributed by atoms with Gasteiger partial charge in [-0.1, -0.05) is 37.6 Å². The molecule has 6 nitrogen and oxygen atoms in total. The molecule has 0 unspecified atom stereocenters. The highest BCUT2D eigenvalue weighted by Crippen LogP contribution is 2.34. The van der Waals surface area contributed by atoms with Crippen molar-refractivity contribution in [3.05, 3.63) is 59.2 Å². The Hall–Kier alpha value is -3.02. The SMILES string of the molecule is Cc1cccc(C(=O)N[C@@H](C(=O)N[C@@H](C)c2ccc3c(c2)OCO3)C(C)C)c1. The van der Waals surface area contributed by atoms with E-state index in [9.17, 15) is 9.59 Å². The lowest BCUT2D eigenvalue weighted by atomic mass is 10.0. The van der Waals surface area contributed by atoms with Gasteiger partial charge in [0.2, 0.25) is 12.7 Å². The minimum atomic E-state index is -0.635. The number of benzene rings is 2. The lowest BCUT2D eigenvalue weighted by Crippen LogP contribution is -2.50. The lowest BCUT2D eigenvalue weighted by Gasteiger charge is -2.24. The molecule has 0 fully saturated rings. The standard InChI is InChI=1S/C22H26N2O4/c1-13(2)20(24-21(25)17-7-5-6-14(3)10-17)22(26)23-15(4)16-8-9-18-19(11-16)28-12-27-18/h5-11,13,15,20H,12H2,1-4H3,(H,23,26)(H,24,25)/t15-,20+/m0/s1. The summed E-state index contributed by atoms with van der Waals surface area (Å²) in [7, 11) is 0. The molecule has 1 heterocycles. The Morgan fingerprint density at radius 3 is 2.43 bits per heavy atom. The van der Waals surface area contributed by atoms with Crippen molar-refractivity contribution in [1.29, 1.82) is 0 Å². The van der Waals surface area contributed by atoms with Crippen LogP contribution in [0.15, 0.2) is 42.5 Å². The van der Waals surface area contributed by atoms with Gasteiger partial charge in [0.05, 0.1) is 6.04 Å². The van der Waals surface area contributed by atoms with Crippen LogP contribution in [0.3, 0.4) is 0 Å². The molecule has 6 heteroatoms. The Labute approximate surface area is 165 Å². The Kier molecular flexibility index (Phi) is 5.87. The van der Waals surface area contributed by atoms with Gasteiger partial charge < -0.3 is 20.1 Å². The van der Waals surface area contributed by atoms with Crippen LogP contribution in [0.5, 0.6) is 11.5 Å². The zero-order chi connectivity index (χ0) is 20.3. The number of carbonyl (C=O) groups excluding carboxylic acids is 2. The largest absolute Gasteiger partial charge is 0.454 e. The van der Waals surface area contributed by atoms with Gasteiger partial charge >= 0.3 is 0 Å². The quantitative estimate of drug-likeness (QED) is 0.803. The van der Waals surface area contributed by atoms with E-state index < -0.39 is 6.04 Å². The zero-order valence-corrected chi connectivity index (χ0v) is 16.6. The number of fused-ring (bicyclic) bond motifs is 1. The van der Waals surface area contributed by atoms with Gasteiger partial charge in [0.25, 0.3) is 5.91 Å². The second-order valence-electron chi connectivity index (χ2n) is 7.41. The number of hydrogen-bond acceptors (Lipinski definition) is 4. The van der Waals surface area contributed by atoms with Crippen LogP contribution >= 0.6 is 0 Å². The van der Waals surface area contributed by atoms with E-state index in [1.54, 1.807) is 12.1 Å². The third kappa shape index (κ3) is 4.44. The van der Waals surface area contributed by atoms with Crippen molar-refractivity contribution in [2.45, 2.75) is 39.8 Å². The smallest absolute Gasteiger partial charge is 0.251 e. The molecule has 0 saturated carbocycles. The average molecular weight is 382 g/mol. The van der Waals surface area contributed by atoms with Gasteiger partial charge in [-0.3, -0.25) is 9.59 Å². The first kappa shape index (κ1) is 19.7. The highest BCUT2D eigenvalue weighted by Gasteiger charge is 2.26. The molecule has 2 aromatic carbocycles. The molecule has 0 bridgehead atoms. The van der Waals surface area contributed by atoms with E-state index >= 15 is 0 Å². The van der Waals surface area contributed by atoms with Crippen LogP contribution < -0.4 is 20.1 Å². The van der Waals surface area contributed by atoms with Crippen LogP contribution in [-0.4, -0.2) is 24.6 Å². The minimum Gasteiger partial charge on any atom is -0.454 e. The van der Waals surface area contributed by atoms with Crippen molar-refractivity contribution in [3.63, 3.8) is 0 Å². The maximum Gasteiger partial charge on any atom is 0.251 e. The summed E-state index contributed by atoms with van der Waals surface area (Å²) in [6.07, 6.45) is 0. The molecule has 0 radical (unpaired) electrons. The monoisotopic (exact) mass is 382 g/mol. The number of aryl methyl sites for hydroxylation is 1. The first-order valence-electron chi connectivity index (χ1n) is 9.42. The molecule has 3 rings (SSSR count). The molecule has 0 spiro atoms. The molecule has 0 saturated heterocycles. The predicted octanol–water partition coefficient (Wildman–Crippen LogP) is 3.36. The fourth-order valence-electron chi connectivity index (χ4n) is 3.11. The van der Waals surface area contributed by atoms with E-state index in [0.717, 1.165) is 11.1 Å². The van der Waals surface area contributed by atoms with Crippen LogP contribution in [0.1, 0.15) is 48.3 Å². The van der Waals surface area contributed by atoms with Gasteiger partial charge in [-0.15, -0.1) is 0 Å². The van der Waals surface area contributed by atoms with E-state index in [1.807, 2.05) is 58.0 Å². The number of nitrogens with one attached hydrogen (secondary N) is 2. The van der Waals surface area contributed by atoms with Crippen molar-refractivity contribution in [2.75, 3.05) is 6.79 Å². The van der Waals surface area contributed by atoms with E-state index in [2.05, 4.69) is 10.6 Å². The van der Waals surface area contributed by atoms with Gasteiger partial charge in [-0.25, -0.2) is 0 Å². The first-order valence-corrected chi connectivity index (χ1v) is 9.42. The van der Waals surface area contributed by atoms with Gasteiger partial charge in [0.15, 0.2) is 11.5 Å². The summed E-state index contributed by atoms with van der Waals surface area (Å²) in [5.74, 6) is 0.840. The zero-order valence-electron chi connectivity index (χ0n) is 16.6. The van der Waals surface area contributed by atoms with Crippen molar-refractivity contribution in [1.82, 2.24) is 10.6 Å². The number of carbonyl (C=O) groups is 2. The van der Waals surface area contributed by atoms with E-state index in [0.29, 0.717) is 17.1 Å². The molecular weight excluding hydrogens is 356 g/mol. The van der Waals surface area contributed by atoms with Crippen molar-refractivity contribution in [2.24, 2.45) is 5.92 Å². The molecule has 2 aromatic rings. The normalized spacial score (nSPS) is 14.5. The minimum absolute atomic E-state index is 0.0577. The predicted molar refractivity (Wildman–Crippen MR) is 106 cm³/mol. The van der Waals surface area contributed by atoms with Crippen LogP contribution in [-0.2, 0) is 4.79 Å². The molecule has 2 N–H and O–H groups in total. The van der Waals surface area contributed by atoms with Gasteiger partial charge in [-0.2, -0.15) is 0 Å². The summed E-state index contributed by atoms with van der Waals surface area (Å²) in [6.45, 7) is 7.85. The van der Waals surface area contributed by atoms with Gasteiger partial charge in [0.1, 0.15) is 6.04 Å². The van der Waals surface area contributed by atoms with E-state index in [1.165, 1.54) is 0 Å². The molecule has 1 aliphatic rings. The van der Waals surface area contributed by atoms with Crippen LogP contribution in [0.25, 0.3) is 0 Å². The third-order valence-corrected chi connectivity index (χ3v) is 4.77. The van der Waals surface area contributed by atoms with E-state index in [-0.39, 0.29) is 30.6 Å². The molecule has 28 heavy (non-hydrogen) atoms. The fraction of sp³-hybridized carbons (Fsp3) is 0.364. The maximum atomic E-state index is 12.9. The summed E-state index contributed by atoms with van der Waals surface area (Å²) in [4.78, 5) is 25.4. The number of hydrogen-bond donors (Lipinski definition) is 2. The Morgan fingerprint density at radius 2 is 1.71 bits per heavy atom. The Bertz CT molecular complexity index is 879. The summed E-state index contributed by atoms with van der Waals surface area (Å²) in [5, 5.41) is 5.85. The topological polar surface area (TPSA) is 76.7 Å². The van der Waals surface area contributed by atoms with Gasteiger partial charge in [-0.05, 0) is 49.6 Å². The van der Waals surface area contributed by atoms with Crippen molar-refractivity contribution >= 4 is 11.8 Å². The highest BCUT2D eigenvalue weighted by molar-refractivity contribution is 5.97. The molecule has 0 aromatic heterocycles. The molecule has 1 aliphatic heterocycles. The molecule has 2 atom stereocenters. The second kappa shape index (κ2) is 8.33. The highest BCUT2D eigenvalue weighted by atomic mass is 16.7. The number of ether oxygens (including phenoxy) is 2. The summed E-state index contributed by atoms with van der Waals surface area (Å²) >= 11 is 0. The lowest BCUT2D eigenvalue weighted by molar-refractivity contribution is -0.124. The van der Waals surface area contributed by atoms with E-state index in [4.69, 9.17) is 9.47 Å². The number of amides is 2.